The first-order valence-electron chi connectivity index (χ1n) is 8.31. The molecule has 2 heterocycles. The van der Waals surface area contributed by atoms with Crippen LogP contribution in [-0.2, 0) is 9.59 Å². The second-order valence-electron chi connectivity index (χ2n) is 6.25. The maximum atomic E-state index is 12.5. The second kappa shape index (κ2) is 6.58. The van der Waals surface area contributed by atoms with E-state index in [4.69, 9.17) is 0 Å². The monoisotopic (exact) mass is 316 g/mol. The molecule has 1 aromatic rings. The van der Waals surface area contributed by atoms with Crippen LogP contribution in [0.4, 0.5) is 11.4 Å². The molecular weight excluding hydrogens is 292 g/mol. The Morgan fingerprint density at radius 1 is 1.26 bits per heavy atom. The van der Waals surface area contributed by atoms with Gasteiger partial charge in [0.25, 0.3) is 0 Å². The van der Waals surface area contributed by atoms with Crippen molar-refractivity contribution in [1.82, 2.24) is 10.2 Å². The highest BCUT2D eigenvalue weighted by Gasteiger charge is 2.44. The van der Waals surface area contributed by atoms with Crippen molar-refractivity contribution in [3.8, 4) is 0 Å². The highest BCUT2D eigenvalue weighted by Crippen LogP contribution is 2.36. The van der Waals surface area contributed by atoms with Gasteiger partial charge in [0.05, 0.1) is 11.4 Å². The smallest absolute Gasteiger partial charge is 0.250 e. The molecule has 23 heavy (non-hydrogen) atoms. The van der Waals surface area contributed by atoms with Crippen LogP contribution in [0, 0.1) is 0 Å². The Bertz CT molecular complexity index is 594. The number of benzene rings is 1. The molecule has 1 aromatic carbocycles. The summed E-state index contributed by atoms with van der Waals surface area (Å²) in [6, 6.07) is 7.80. The minimum atomic E-state index is -0.517. The largest absolute Gasteiger partial charge is 0.369 e. The molecule has 2 aliphatic rings. The van der Waals surface area contributed by atoms with Gasteiger partial charge < -0.3 is 20.9 Å². The number of amides is 2. The first kappa shape index (κ1) is 15.8. The van der Waals surface area contributed by atoms with Gasteiger partial charge in [0.15, 0.2) is 0 Å². The normalized spacial score (nSPS) is 19.6. The lowest BCUT2D eigenvalue weighted by atomic mass is 9.84. The summed E-state index contributed by atoms with van der Waals surface area (Å²) >= 11 is 0. The molecule has 2 aliphatic heterocycles. The Morgan fingerprint density at radius 2 is 1.96 bits per heavy atom. The summed E-state index contributed by atoms with van der Waals surface area (Å²) in [6.45, 7) is 4.99. The molecule has 0 aliphatic carbocycles. The minimum Gasteiger partial charge on any atom is -0.369 e. The van der Waals surface area contributed by atoms with Crippen molar-refractivity contribution in [1.29, 1.82) is 0 Å². The van der Waals surface area contributed by atoms with Gasteiger partial charge in [0.2, 0.25) is 11.8 Å². The first-order chi connectivity index (χ1) is 11.1. The number of nitrogens with one attached hydrogen (secondary N) is 3. The van der Waals surface area contributed by atoms with Crippen molar-refractivity contribution in [2.45, 2.75) is 31.7 Å². The van der Waals surface area contributed by atoms with Crippen LogP contribution < -0.4 is 16.0 Å². The Labute approximate surface area is 136 Å². The minimum absolute atomic E-state index is 0.0552. The molecule has 0 unspecified atom stereocenters. The predicted octanol–water partition coefficient (Wildman–Crippen LogP) is 1.41. The highest BCUT2D eigenvalue weighted by atomic mass is 16.2. The molecule has 6 heteroatoms. The quantitative estimate of drug-likeness (QED) is 0.785. The summed E-state index contributed by atoms with van der Waals surface area (Å²) in [6.07, 6.45) is 2.02. The van der Waals surface area contributed by atoms with E-state index in [2.05, 4.69) is 20.9 Å². The number of anilines is 2. The fourth-order valence-corrected chi connectivity index (χ4v) is 3.31. The molecular formula is C17H24N4O2. The summed E-state index contributed by atoms with van der Waals surface area (Å²) < 4.78 is 0. The molecule has 1 spiro atoms. The van der Waals surface area contributed by atoms with E-state index in [-0.39, 0.29) is 11.8 Å². The van der Waals surface area contributed by atoms with Gasteiger partial charge >= 0.3 is 0 Å². The van der Waals surface area contributed by atoms with Crippen LogP contribution in [0.5, 0.6) is 0 Å². The van der Waals surface area contributed by atoms with Crippen LogP contribution in [0.25, 0.3) is 0 Å². The summed E-state index contributed by atoms with van der Waals surface area (Å²) in [4.78, 5) is 26.4. The maximum absolute atomic E-state index is 12.5. The van der Waals surface area contributed by atoms with E-state index < -0.39 is 5.54 Å². The number of nitrogens with zero attached hydrogens (tertiary/aromatic N) is 1. The standard InChI is InChI=1S/C17H24N4O2/c1-2-18-15(22)7-10-21-11-8-17(9-12-21)16(23)19-13-5-3-4-6-14(13)20-17/h3-6,20H,2,7-12H2,1H3,(H,18,22)(H,19,23). The third-order valence-electron chi connectivity index (χ3n) is 4.72. The van der Waals surface area contributed by atoms with E-state index >= 15 is 0 Å². The molecule has 6 nitrogen and oxygen atoms in total. The van der Waals surface area contributed by atoms with Crippen LogP contribution in [0.1, 0.15) is 26.2 Å². The zero-order valence-electron chi connectivity index (χ0n) is 13.5. The Balaban J connectivity index is 1.58. The molecule has 3 N–H and O–H groups in total. The number of fused-ring (bicyclic) bond motifs is 1. The molecule has 1 fully saturated rings. The van der Waals surface area contributed by atoms with E-state index in [1.807, 2.05) is 31.2 Å². The number of rotatable bonds is 4. The van der Waals surface area contributed by atoms with Crippen molar-refractivity contribution in [2.24, 2.45) is 0 Å². The van der Waals surface area contributed by atoms with Crippen LogP contribution in [-0.4, -0.2) is 48.4 Å². The number of para-hydroxylation sites is 2. The molecule has 0 saturated carbocycles. The van der Waals surface area contributed by atoms with Gasteiger partial charge in [-0.05, 0) is 31.9 Å². The number of hydrogen-bond acceptors (Lipinski definition) is 4. The maximum Gasteiger partial charge on any atom is 0.250 e. The molecule has 2 amide bonds. The lowest BCUT2D eigenvalue weighted by molar-refractivity contribution is -0.123. The first-order valence-corrected chi connectivity index (χ1v) is 8.31. The van der Waals surface area contributed by atoms with Crippen LogP contribution in [0.2, 0.25) is 0 Å². The van der Waals surface area contributed by atoms with Crippen molar-refractivity contribution in [2.75, 3.05) is 36.8 Å². The Morgan fingerprint density at radius 3 is 2.65 bits per heavy atom. The van der Waals surface area contributed by atoms with Crippen LogP contribution in [0.15, 0.2) is 24.3 Å². The summed E-state index contributed by atoms with van der Waals surface area (Å²) in [7, 11) is 0. The fourth-order valence-electron chi connectivity index (χ4n) is 3.31. The number of carbonyl (C=O) groups excluding carboxylic acids is 2. The summed E-state index contributed by atoms with van der Waals surface area (Å²) in [5, 5.41) is 9.29. The average molecular weight is 316 g/mol. The Kier molecular flexibility index (Phi) is 4.52. The molecule has 1 saturated heterocycles. The Hall–Kier alpha value is -2.08. The number of likely N-dealkylation sites (tertiary alicyclic amines) is 1. The van der Waals surface area contributed by atoms with E-state index in [9.17, 15) is 9.59 Å². The summed E-state index contributed by atoms with van der Waals surface area (Å²) in [5.74, 6) is 0.148. The lowest BCUT2D eigenvalue weighted by Crippen LogP contribution is -2.58. The zero-order valence-corrected chi connectivity index (χ0v) is 13.5. The fraction of sp³-hybridized carbons (Fsp3) is 0.529. The third kappa shape index (κ3) is 3.32. The number of hydrogen-bond donors (Lipinski definition) is 3. The molecule has 0 bridgehead atoms. The van der Waals surface area contributed by atoms with Crippen molar-refractivity contribution < 1.29 is 9.59 Å². The molecule has 3 rings (SSSR count). The SMILES string of the molecule is CCNC(=O)CCN1CCC2(CC1)Nc1ccccc1NC2=O. The van der Waals surface area contributed by atoms with Gasteiger partial charge in [-0.2, -0.15) is 0 Å². The molecule has 0 radical (unpaired) electrons. The van der Waals surface area contributed by atoms with E-state index in [0.29, 0.717) is 13.0 Å². The number of piperidine rings is 1. The highest BCUT2D eigenvalue weighted by molar-refractivity contribution is 6.06. The van der Waals surface area contributed by atoms with Crippen molar-refractivity contribution >= 4 is 23.2 Å². The predicted molar refractivity (Wildman–Crippen MR) is 90.4 cm³/mol. The van der Waals surface area contributed by atoms with Gasteiger partial charge in [-0.25, -0.2) is 0 Å². The molecule has 0 aromatic heterocycles. The van der Waals surface area contributed by atoms with Gasteiger partial charge in [0.1, 0.15) is 5.54 Å². The van der Waals surface area contributed by atoms with Crippen LogP contribution >= 0.6 is 0 Å². The summed E-state index contributed by atoms with van der Waals surface area (Å²) in [5.41, 5.74) is 1.32. The van der Waals surface area contributed by atoms with Crippen molar-refractivity contribution in [3.05, 3.63) is 24.3 Å². The van der Waals surface area contributed by atoms with Crippen molar-refractivity contribution in [3.63, 3.8) is 0 Å². The third-order valence-corrected chi connectivity index (χ3v) is 4.72. The van der Waals surface area contributed by atoms with Crippen LogP contribution in [0.3, 0.4) is 0 Å². The average Bonchev–Trinajstić information content (AvgIpc) is 2.56. The van der Waals surface area contributed by atoms with Gasteiger partial charge in [-0.15, -0.1) is 0 Å². The molecule has 0 atom stereocenters. The zero-order chi connectivity index (χ0) is 16.3. The van der Waals surface area contributed by atoms with E-state index in [1.54, 1.807) is 0 Å². The molecule has 124 valence electrons. The lowest BCUT2D eigenvalue weighted by Gasteiger charge is -2.44. The van der Waals surface area contributed by atoms with E-state index in [1.165, 1.54) is 0 Å². The van der Waals surface area contributed by atoms with Gasteiger partial charge in [-0.1, -0.05) is 12.1 Å². The number of carbonyl (C=O) groups is 2. The van der Waals surface area contributed by atoms with Gasteiger partial charge in [0, 0.05) is 32.6 Å². The van der Waals surface area contributed by atoms with Gasteiger partial charge in [-0.3, -0.25) is 9.59 Å². The topological polar surface area (TPSA) is 73.5 Å². The second-order valence-corrected chi connectivity index (χ2v) is 6.25. The van der Waals surface area contributed by atoms with E-state index in [0.717, 1.165) is 43.9 Å².